The van der Waals surface area contributed by atoms with E-state index in [1.54, 1.807) is 0 Å². The summed E-state index contributed by atoms with van der Waals surface area (Å²) in [5.41, 5.74) is 0.340. The van der Waals surface area contributed by atoms with Crippen LogP contribution in [0.3, 0.4) is 0 Å². The lowest BCUT2D eigenvalue weighted by molar-refractivity contribution is -0.140. The molecule has 1 aliphatic rings. The molecular weight excluding hydrogens is 319 g/mol. The van der Waals surface area contributed by atoms with Gasteiger partial charge in [0.25, 0.3) is 0 Å². The fraction of sp³-hybridized carbons (Fsp3) is 0.333. The van der Waals surface area contributed by atoms with E-state index in [4.69, 9.17) is 4.74 Å². The predicted octanol–water partition coefficient (Wildman–Crippen LogP) is 3.98. The summed E-state index contributed by atoms with van der Waals surface area (Å²) in [4.78, 5) is 2.08. The van der Waals surface area contributed by atoms with Crippen molar-refractivity contribution < 1.29 is 23.0 Å². The minimum atomic E-state index is -4.53. The second-order valence-corrected chi connectivity index (χ2v) is 5.85. The number of phenols is 1. The van der Waals surface area contributed by atoms with E-state index in [2.05, 4.69) is 4.90 Å². The summed E-state index contributed by atoms with van der Waals surface area (Å²) >= 11 is 0. The Balaban J connectivity index is 1.80. The standard InChI is InChI=1S/C18H18F3NO2/c19-18(20,21)16-10-14(23)6-7-15(16)17-12-22(8-9-24-17)11-13-4-2-1-3-5-13/h1-7,10,17,23H,8-9,11-12H2/t17-/m1/s1. The third-order valence-electron chi connectivity index (χ3n) is 4.09. The van der Waals surface area contributed by atoms with E-state index < -0.39 is 23.6 Å². The molecule has 6 heteroatoms. The lowest BCUT2D eigenvalue weighted by Gasteiger charge is -2.34. The number of morpholine rings is 1. The molecule has 0 aromatic heterocycles. The molecule has 1 fully saturated rings. The Morgan fingerprint density at radius 2 is 1.88 bits per heavy atom. The highest BCUT2D eigenvalue weighted by molar-refractivity contribution is 5.38. The highest BCUT2D eigenvalue weighted by Gasteiger charge is 2.37. The molecule has 128 valence electrons. The van der Waals surface area contributed by atoms with Gasteiger partial charge in [-0.25, -0.2) is 0 Å². The van der Waals surface area contributed by atoms with E-state index >= 15 is 0 Å². The van der Waals surface area contributed by atoms with Gasteiger partial charge < -0.3 is 9.84 Å². The number of benzene rings is 2. The van der Waals surface area contributed by atoms with Gasteiger partial charge in [0.2, 0.25) is 0 Å². The average Bonchev–Trinajstić information content (AvgIpc) is 2.55. The Kier molecular flexibility index (Phi) is 4.78. The summed E-state index contributed by atoms with van der Waals surface area (Å²) in [5.74, 6) is -0.400. The van der Waals surface area contributed by atoms with Crippen molar-refractivity contribution in [2.75, 3.05) is 19.7 Å². The minimum absolute atomic E-state index is 0.0676. The summed E-state index contributed by atoms with van der Waals surface area (Å²) in [5, 5.41) is 9.39. The number of alkyl halides is 3. The van der Waals surface area contributed by atoms with Gasteiger partial charge in [0, 0.05) is 19.6 Å². The van der Waals surface area contributed by atoms with Gasteiger partial charge in [-0.05, 0) is 23.3 Å². The largest absolute Gasteiger partial charge is 0.508 e. The Bertz CT molecular complexity index is 688. The van der Waals surface area contributed by atoms with E-state index in [1.807, 2.05) is 30.3 Å². The molecule has 3 rings (SSSR count). The zero-order chi connectivity index (χ0) is 17.2. The van der Waals surface area contributed by atoms with Crippen LogP contribution < -0.4 is 0 Å². The highest BCUT2D eigenvalue weighted by Crippen LogP contribution is 2.38. The topological polar surface area (TPSA) is 32.7 Å². The fourth-order valence-corrected chi connectivity index (χ4v) is 2.95. The van der Waals surface area contributed by atoms with Gasteiger partial charge in [-0.3, -0.25) is 4.90 Å². The van der Waals surface area contributed by atoms with Crippen molar-refractivity contribution in [1.82, 2.24) is 4.90 Å². The van der Waals surface area contributed by atoms with Crippen LogP contribution in [-0.4, -0.2) is 29.7 Å². The van der Waals surface area contributed by atoms with Crippen LogP contribution in [0, 0.1) is 0 Å². The van der Waals surface area contributed by atoms with Gasteiger partial charge in [-0.1, -0.05) is 36.4 Å². The zero-order valence-electron chi connectivity index (χ0n) is 13.0. The van der Waals surface area contributed by atoms with Gasteiger partial charge in [0.15, 0.2) is 0 Å². The normalized spacial score (nSPS) is 19.4. The Morgan fingerprint density at radius 3 is 2.58 bits per heavy atom. The lowest BCUT2D eigenvalue weighted by atomic mass is 10.00. The van der Waals surface area contributed by atoms with E-state index in [0.29, 0.717) is 26.2 Å². The Hall–Kier alpha value is -2.05. The third-order valence-corrected chi connectivity index (χ3v) is 4.09. The highest BCUT2D eigenvalue weighted by atomic mass is 19.4. The smallest absolute Gasteiger partial charge is 0.416 e. The van der Waals surface area contributed by atoms with Crippen LogP contribution in [0.25, 0.3) is 0 Å². The average molecular weight is 337 g/mol. The van der Waals surface area contributed by atoms with Crippen LogP contribution in [0.5, 0.6) is 5.75 Å². The van der Waals surface area contributed by atoms with Gasteiger partial charge >= 0.3 is 6.18 Å². The third kappa shape index (κ3) is 3.88. The molecule has 2 aromatic carbocycles. The molecule has 0 radical (unpaired) electrons. The molecule has 2 aromatic rings. The number of aromatic hydroxyl groups is 1. The zero-order valence-corrected chi connectivity index (χ0v) is 13.0. The number of ether oxygens (including phenoxy) is 1. The Labute approximate surface area is 138 Å². The molecule has 1 aliphatic heterocycles. The van der Waals surface area contributed by atoms with Crippen LogP contribution in [-0.2, 0) is 17.5 Å². The quantitative estimate of drug-likeness (QED) is 0.919. The summed E-state index contributed by atoms with van der Waals surface area (Å²) < 4.78 is 45.3. The molecule has 1 N–H and O–H groups in total. The maximum absolute atomic E-state index is 13.2. The van der Waals surface area contributed by atoms with Crippen LogP contribution in [0.4, 0.5) is 13.2 Å². The molecule has 0 bridgehead atoms. The molecule has 1 saturated heterocycles. The summed E-state index contributed by atoms with van der Waals surface area (Å²) in [7, 11) is 0. The molecule has 0 aliphatic carbocycles. The number of nitrogens with zero attached hydrogens (tertiary/aromatic N) is 1. The first-order valence-electron chi connectivity index (χ1n) is 7.71. The Morgan fingerprint density at radius 1 is 1.12 bits per heavy atom. The van der Waals surface area contributed by atoms with Crippen molar-refractivity contribution in [1.29, 1.82) is 0 Å². The van der Waals surface area contributed by atoms with Gasteiger partial charge in [0.05, 0.1) is 18.3 Å². The first kappa shape index (κ1) is 16.8. The van der Waals surface area contributed by atoms with Crippen LogP contribution in [0.15, 0.2) is 48.5 Å². The number of halogens is 3. The lowest BCUT2D eigenvalue weighted by Crippen LogP contribution is -2.38. The molecule has 24 heavy (non-hydrogen) atoms. The van der Waals surface area contributed by atoms with Crippen molar-refractivity contribution in [2.45, 2.75) is 18.8 Å². The molecule has 0 unspecified atom stereocenters. The van der Waals surface area contributed by atoms with Crippen molar-refractivity contribution in [3.05, 3.63) is 65.2 Å². The number of rotatable bonds is 3. The number of phenolic OH excluding ortho intramolecular Hbond substituents is 1. The van der Waals surface area contributed by atoms with Crippen LogP contribution in [0.1, 0.15) is 22.8 Å². The number of hydrogen-bond acceptors (Lipinski definition) is 3. The molecule has 1 heterocycles. The van der Waals surface area contributed by atoms with Crippen LogP contribution in [0.2, 0.25) is 0 Å². The number of hydrogen-bond donors (Lipinski definition) is 1. The summed E-state index contributed by atoms with van der Waals surface area (Å²) in [6.07, 6.45) is -5.20. The van der Waals surface area contributed by atoms with Gasteiger partial charge in [0.1, 0.15) is 5.75 Å². The van der Waals surface area contributed by atoms with Crippen molar-refractivity contribution in [2.24, 2.45) is 0 Å². The maximum Gasteiger partial charge on any atom is 0.416 e. The van der Waals surface area contributed by atoms with E-state index in [0.717, 1.165) is 11.6 Å². The molecule has 0 amide bonds. The van der Waals surface area contributed by atoms with Gasteiger partial charge in [-0.15, -0.1) is 0 Å². The first-order chi connectivity index (χ1) is 11.4. The molecule has 1 atom stereocenters. The minimum Gasteiger partial charge on any atom is -0.508 e. The molecule has 3 nitrogen and oxygen atoms in total. The second kappa shape index (κ2) is 6.83. The van der Waals surface area contributed by atoms with E-state index in [1.165, 1.54) is 12.1 Å². The predicted molar refractivity (Wildman–Crippen MR) is 83.5 cm³/mol. The maximum atomic E-state index is 13.2. The van der Waals surface area contributed by atoms with Crippen molar-refractivity contribution >= 4 is 0 Å². The molecule has 0 spiro atoms. The van der Waals surface area contributed by atoms with E-state index in [-0.39, 0.29) is 5.56 Å². The van der Waals surface area contributed by atoms with Crippen molar-refractivity contribution in [3.63, 3.8) is 0 Å². The molecule has 0 saturated carbocycles. The van der Waals surface area contributed by atoms with Crippen LogP contribution >= 0.6 is 0 Å². The molecular formula is C18H18F3NO2. The monoisotopic (exact) mass is 337 g/mol. The summed E-state index contributed by atoms with van der Waals surface area (Å²) in [6, 6.07) is 13.1. The summed E-state index contributed by atoms with van der Waals surface area (Å²) in [6.45, 7) is 2.09. The van der Waals surface area contributed by atoms with Gasteiger partial charge in [-0.2, -0.15) is 13.2 Å². The second-order valence-electron chi connectivity index (χ2n) is 5.85. The van der Waals surface area contributed by atoms with Crippen molar-refractivity contribution in [3.8, 4) is 5.75 Å². The first-order valence-corrected chi connectivity index (χ1v) is 7.71. The van der Waals surface area contributed by atoms with E-state index in [9.17, 15) is 18.3 Å². The SMILES string of the molecule is Oc1ccc([C@H]2CN(Cc3ccccc3)CCO2)c(C(F)(F)F)c1. The fourth-order valence-electron chi connectivity index (χ4n) is 2.95.